The van der Waals surface area contributed by atoms with Gasteiger partial charge in [-0.15, -0.1) is 0 Å². The zero-order chi connectivity index (χ0) is 25.7. The van der Waals surface area contributed by atoms with E-state index >= 15 is 0 Å². The number of hydrogen-bond acceptors (Lipinski definition) is 5. The number of aryl methyl sites for hydroxylation is 1. The van der Waals surface area contributed by atoms with Crippen LogP contribution >= 0.6 is 56.5 Å². The molecular formula is C29H22I2N2O3S. The van der Waals surface area contributed by atoms with Crippen molar-refractivity contribution in [3.63, 3.8) is 0 Å². The molecule has 0 amide bonds. The van der Waals surface area contributed by atoms with E-state index < -0.39 is 0 Å². The average molecular weight is 732 g/mol. The fraction of sp³-hybridized carbons (Fsp3) is 0.172. The normalized spacial score (nSPS) is 16.5. The van der Waals surface area contributed by atoms with Gasteiger partial charge in [-0.2, -0.15) is 0 Å². The van der Waals surface area contributed by atoms with Crippen molar-refractivity contribution in [2.75, 3.05) is 14.2 Å². The van der Waals surface area contributed by atoms with Gasteiger partial charge in [0, 0.05) is 5.56 Å². The summed E-state index contributed by atoms with van der Waals surface area (Å²) < 4.78 is 15.6. The lowest BCUT2D eigenvalue weighted by Gasteiger charge is -2.31. The van der Waals surface area contributed by atoms with Crippen molar-refractivity contribution in [1.82, 2.24) is 4.57 Å². The molecule has 0 radical (unpaired) electrons. The van der Waals surface area contributed by atoms with E-state index in [2.05, 4.69) is 75.5 Å². The summed E-state index contributed by atoms with van der Waals surface area (Å²) in [6, 6.07) is 20.4. The highest BCUT2D eigenvalue weighted by Crippen LogP contribution is 2.41. The molecule has 1 atom stereocenters. The summed E-state index contributed by atoms with van der Waals surface area (Å²) in [4.78, 5) is 19.8. The second-order valence-electron chi connectivity index (χ2n) is 8.91. The van der Waals surface area contributed by atoms with Crippen LogP contribution < -0.4 is 24.4 Å². The van der Waals surface area contributed by atoms with E-state index in [1.807, 2.05) is 41.0 Å². The zero-order valence-corrected chi connectivity index (χ0v) is 25.3. The maximum atomic E-state index is 14.0. The van der Waals surface area contributed by atoms with Gasteiger partial charge in [0.25, 0.3) is 5.56 Å². The lowest BCUT2D eigenvalue weighted by Crippen LogP contribution is -2.38. The molecule has 4 aromatic rings. The monoisotopic (exact) mass is 732 g/mol. The molecule has 0 bridgehead atoms. The Morgan fingerprint density at radius 3 is 2.54 bits per heavy atom. The van der Waals surface area contributed by atoms with Crippen molar-refractivity contribution in [3.05, 3.63) is 115 Å². The molecule has 0 saturated carbocycles. The van der Waals surface area contributed by atoms with Crippen molar-refractivity contribution in [2.24, 2.45) is 4.99 Å². The third-order valence-corrected chi connectivity index (χ3v) is 9.39. The van der Waals surface area contributed by atoms with Gasteiger partial charge in [-0.05, 0) is 111 Å². The summed E-state index contributed by atoms with van der Waals surface area (Å²) in [6.07, 6.45) is 3.75. The Balaban J connectivity index is 1.60. The number of benzene rings is 3. The van der Waals surface area contributed by atoms with E-state index in [4.69, 9.17) is 14.5 Å². The van der Waals surface area contributed by atoms with Crippen LogP contribution in [0.4, 0.5) is 0 Å². The molecule has 0 saturated heterocycles. The van der Waals surface area contributed by atoms with E-state index in [9.17, 15) is 4.79 Å². The van der Waals surface area contributed by atoms with Crippen molar-refractivity contribution >= 4 is 68.3 Å². The topological polar surface area (TPSA) is 52.8 Å². The van der Waals surface area contributed by atoms with Crippen LogP contribution in [0, 0.1) is 7.14 Å². The highest BCUT2D eigenvalue weighted by molar-refractivity contribution is 14.1. The molecule has 1 aromatic heterocycles. The third-order valence-electron chi connectivity index (χ3n) is 6.80. The largest absolute Gasteiger partial charge is 0.497 e. The van der Waals surface area contributed by atoms with Crippen molar-refractivity contribution in [3.8, 4) is 11.5 Å². The van der Waals surface area contributed by atoms with Gasteiger partial charge in [-0.1, -0.05) is 47.7 Å². The lowest BCUT2D eigenvalue weighted by atomic mass is 9.83. The van der Waals surface area contributed by atoms with Crippen LogP contribution in [0.3, 0.4) is 0 Å². The van der Waals surface area contributed by atoms with E-state index in [-0.39, 0.29) is 11.6 Å². The molecular weight excluding hydrogens is 710 g/mol. The van der Waals surface area contributed by atoms with Crippen molar-refractivity contribution < 1.29 is 9.47 Å². The Hall–Kier alpha value is -2.44. The molecule has 37 heavy (non-hydrogen) atoms. The van der Waals surface area contributed by atoms with E-state index in [1.165, 1.54) is 22.5 Å². The Bertz CT molecular complexity index is 1750. The minimum atomic E-state index is -0.229. The predicted molar refractivity (Wildman–Crippen MR) is 164 cm³/mol. The summed E-state index contributed by atoms with van der Waals surface area (Å²) >= 11 is 5.99. The molecule has 2 aliphatic rings. The molecule has 3 aromatic carbocycles. The quantitative estimate of drug-likeness (QED) is 0.259. The zero-order valence-electron chi connectivity index (χ0n) is 20.1. The Morgan fingerprint density at radius 2 is 1.78 bits per heavy atom. The molecule has 0 unspecified atom stereocenters. The summed E-state index contributed by atoms with van der Waals surface area (Å²) in [5.41, 5.74) is 6.61. The number of thiazole rings is 1. The Morgan fingerprint density at radius 1 is 1.00 bits per heavy atom. The SMILES string of the molecule is COc1cccc([C@H]2C3=C(N=c4s/c(=C/c5cc(I)c(OC)c(I)c5)c(=O)n42)c2ccccc2CC3)c1. The summed E-state index contributed by atoms with van der Waals surface area (Å²) in [5.74, 6) is 1.63. The van der Waals surface area contributed by atoms with Gasteiger partial charge in [0.15, 0.2) is 4.80 Å². The first-order valence-corrected chi connectivity index (χ1v) is 14.8. The highest BCUT2D eigenvalue weighted by atomic mass is 127. The van der Waals surface area contributed by atoms with Gasteiger partial charge in [-0.25, -0.2) is 4.99 Å². The first-order chi connectivity index (χ1) is 18.0. The maximum Gasteiger partial charge on any atom is 0.271 e. The number of ether oxygens (including phenoxy) is 2. The van der Waals surface area contributed by atoms with E-state index in [1.54, 1.807) is 14.2 Å². The van der Waals surface area contributed by atoms with Crippen LogP contribution in [-0.2, 0) is 6.42 Å². The van der Waals surface area contributed by atoms with Gasteiger partial charge < -0.3 is 9.47 Å². The van der Waals surface area contributed by atoms with Gasteiger partial charge >= 0.3 is 0 Å². The van der Waals surface area contributed by atoms with Gasteiger partial charge in [0.1, 0.15) is 11.5 Å². The van der Waals surface area contributed by atoms with E-state index in [0.29, 0.717) is 4.53 Å². The van der Waals surface area contributed by atoms with E-state index in [0.717, 1.165) is 58.7 Å². The van der Waals surface area contributed by atoms with Crippen molar-refractivity contribution in [1.29, 1.82) is 0 Å². The summed E-state index contributed by atoms with van der Waals surface area (Å²) in [7, 11) is 3.35. The smallest absolute Gasteiger partial charge is 0.271 e. The van der Waals surface area contributed by atoms with Crippen LogP contribution in [0.5, 0.6) is 11.5 Å². The number of halogens is 2. The number of rotatable bonds is 4. The average Bonchev–Trinajstić information content (AvgIpc) is 3.21. The Kier molecular flexibility index (Phi) is 6.74. The first-order valence-electron chi connectivity index (χ1n) is 11.8. The second kappa shape index (κ2) is 10.0. The highest BCUT2D eigenvalue weighted by Gasteiger charge is 2.32. The van der Waals surface area contributed by atoms with Crippen LogP contribution in [0.2, 0.25) is 0 Å². The standard InChI is InChI=1S/C29H22I2N2O3S/c1-35-19-8-5-7-18(15-19)26-21-11-10-17-6-3-4-9-20(17)25(21)32-29-33(26)28(34)24(37-29)14-16-12-22(30)27(36-2)23(31)13-16/h3-9,12-15,26H,10-11H2,1-2H3/b24-14+/t26-/m0/s1. The fourth-order valence-electron chi connectivity index (χ4n) is 5.14. The molecule has 0 fully saturated rings. The van der Waals surface area contributed by atoms with Crippen LogP contribution in [0.25, 0.3) is 11.8 Å². The van der Waals surface area contributed by atoms with Crippen LogP contribution in [0.15, 0.2) is 76.0 Å². The molecule has 1 aliphatic carbocycles. The molecule has 186 valence electrons. The molecule has 8 heteroatoms. The maximum absolute atomic E-state index is 14.0. The van der Waals surface area contributed by atoms with Crippen molar-refractivity contribution in [2.45, 2.75) is 18.9 Å². The number of allylic oxidation sites excluding steroid dienone is 1. The molecule has 2 heterocycles. The number of nitrogens with zero attached hydrogens (tertiary/aromatic N) is 2. The molecule has 0 spiro atoms. The molecule has 5 nitrogen and oxygen atoms in total. The molecule has 6 rings (SSSR count). The van der Waals surface area contributed by atoms with Gasteiger partial charge in [-0.3, -0.25) is 9.36 Å². The lowest BCUT2D eigenvalue weighted by molar-refractivity contribution is 0.409. The number of aromatic nitrogens is 1. The van der Waals surface area contributed by atoms with Crippen LogP contribution in [0.1, 0.15) is 34.7 Å². The molecule has 1 aliphatic heterocycles. The first kappa shape index (κ1) is 24.9. The molecule has 0 N–H and O–H groups in total. The minimum absolute atomic E-state index is 0.0252. The number of fused-ring (bicyclic) bond motifs is 3. The Labute approximate surface area is 245 Å². The second-order valence-corrected chi connectivity index (χ2v) is 12.2. The summed E-state index contributed by atoms with van der Waals surface area (Å²) in [5, 5.41) is 0. The van der Waals surface area contributed by atoms with Gasteiger partial charge in [0.05, 0.1) is 37.6 Å². The fourth-order valence-corrected chi connectivity index (χ4v) is 8.40. The minimum Gasteiger partial charge on any atom is -0.497 e. The van der Waals surface area contributed by atoms with Gasteiger partial charge in [0.2, 0.25) is 0 Å². The number of methoxy groups -OCH3 is 2. The summed E-state index contributed by atoms with van der Waals surface area (Å²) in [6.45, 7) is 0. The third kappa shape index (κ3) is 4.36. The predicted octanol–water partition coefficient (Wildman–Crippen LogP) is 5.55. The number of hydrogen-bond donors (Lipinski definition) is 0. The van der Waals surface area contributed by atoms with Crippen LogP contribution in [-0.4, -0.2) is 18.8 Å².